The van der Waals surface area contributed by atoms with E-state index in [9.17, 15) is 4.79 Å². The standard InChI is InChI=1S/C20H34N6O.HI/c1-21-20(22-10-13-26-12-5-11-25(4)14-15-26)23-16-17-6-8-18(9-7-17)19(27)24(2)3;/h6-9H,5,10-16H2,1-4H3,(H2,21,22,23);1H. The van der Waals surface area contributed by atoms with Crippen LogP contribution in [0.1, 0.15) is 22.3 Å². The van der Waals surface area contributed by atoms with Gasteiger partial charge in [-0.05, 0) is 44.3 Å². The molecule has 0 bridgehead atoms. The molecule has 1 saturated heterocycles. The fraction of sp³-hybridized carbons (Fsp3) is 0.600. The van der Waals surface area contributed by atoms with Crippen molar-refractivity contribution >= 4 is 35.8 Å². The van der Waals surface area contributed by atoms with Gasteiger partial charge in [-0.2, -0.15) is 0 Å². The highest BCUT2D eigenvalue weighted by Gasteiger charge is 2.11. The van der Waals surface area contributed by atoms with Crippen molar-refractivity contribution in [3.8, 4) is 0 Å². The fourth-order valence-corrected chi connectivity index (χ4v) is 3.09. The van der Waals surface area contributed by atoms with Gasteiger partial charge in [0.1, 0.15) is 0 Å². The number of halogens is 1. The van der Waals surface area contributed by atoms with E-state index in [2.05, 4.69) is 32.5 Å². The Hall–Kier alpha value is -1.39. The second-order valence-electron chi connectivity index (χ2n) is 7.25. The molecule has 2 rings (SSSR count). The first-order valence-corrected chi connectivity index (χ1v) is 9.65. The molecule has 1 aliphatic heterocycles. The van der Waals surface area contributed by atoms with Gasteiger partial charge in [0.15, 0.2) is 5.96 Å². The van der Waals surface area contributed by atoms with Crippen molar-refractivity contribution in [1.82, 2.24) is 25.3 Å². The third-order valence-electron chi connectivity index (χ3n) is 4.82. The second-order valence-corrected chi connectivity index (χ2v) is 7.25. The molecule has 1 heterocycles. The topological polar surface area (TPSA) is 63.2 Å². The van der Waals surface area contributed by atoms with Crippen LogP contribution >= 0.6 is 24.0 Å². The smallest absolute Gasteiger partial charge is 0.253 e. The third kappa shape index (κ3) is 8.32. The van der Waals surface area contributed by atoms with E-state index in [0.29, 0.717) is 12.1 Å². The Kier molecular flexibility index (Phi) is 11.4. The Bertz CT molecular complexity index is 620. The van der Waals surface area contributed by atoms with Crippen molar-refractivity contribution in [2.24, 2.45) is 4.99 Å². The molecule has 0 aromatic heterocycles. The van der Waals surface area contributed by atoms with E-state index in [1.165, 1.54) is 13.0 Å². The van der Waals surface area contributed by atoms with Crippen molar-refractivity contribution in [2.75, 3.05) is 67.5 Å². The van der Waals surface area contributed by atoms with Crippen LogP contribution in [0.2, 0.25) is 0 Å². The quantitative estimate of drug-likeness (QED) is 0.349. The molecule has 2 N–H and O–H groups in total. The zero-order chi connectivity index (χ0) is 19.6. The maximum absolute atomic E-state index is 11.9. The second kappa shape index (κ2) is 12.9. The molecule has 1 aliphatic rings. The van der Waals surface area contributed by atoms with Crippen molar-refractivity contribution in [2.45, 2.75) is 13.0 Å². The van der Waals surface area contributed by atoms with Gasteiger partial charge in [0.25, 0.3) is 5.91 Å². The van der Waals surface area contributed by atoms with E-state index in [1.54, 1.807) is 26.0 Å². The van der Waals surface area contributed by atoms with Gasteiger partial charge >= 0.3 is 0 Å². The van der Waals surface area contributed by atoms with E-state index in [-0.39, 0.29) is 29.9 Å². The zero-order valence-corrected chi connectivity index (χ0v) is 19.9. The number of aliphatic imine (C=N–C) groups is 1. The average Bonchev–Trinajstić information content (AvgIpc) is 2.88. The lowest BCUT2D eigenvalue weighted by Gasteiger charge is -2.21. The van der Waals surface area contributed by atoms with Gasteiger partial charge in [-0.15, -0.1) is 24.0 Å². The van der Waals surface area contributed by atoms with Gasteiger partial charge in [-0.1, -0.05) is 12.1 Å². The van der Waals surface area contributed by atoms with Crippen molar-refractivity contribution in [3.05, 3.63) is 35.4 Å². The summed E-state index contributed by atoms with van der Waals surface area (Å²) in [6.07, 6.45) is 1.23. The molecule has 1 fully saturated rings. The Morgan fingerprint density at radius 2 is 1.82 bits per heavy atom. The molecule has 158 valence electrons. The molecule has 28 heavy (non-hydrogen) atoms. The number of hydrogen-bond acceptors (Lipinski definition) is 4. The van der Waals surface area contributed by atoms with Crippen LogP contribution in [0.5, 0.6) is 0 Å². The van der Waals surface area contributed by atoms with Gasteiger partial charge in [0.05, 0.1) is 0 Å². The summed E-state index contributed by atoms with van der Waals surface area (Å²) in [6, 6.07) is 7.69. The summed E-state index contributed by atoms with van der Waals surface area (Å²) in [5, 5.41) is 6.72. The summed E-state index contributed by atoms with van der Waals surface area (Å²) in [6.45, 7) is 7.18. The lowest BCUT2D eigenvalue weighted by molar-refractivity contribution is 0.0827. The van der Waals surface area contributed by atoms with Crippen molar-refractivity contribution < 1.29 is 4.79 Å². The minimum absolute atomic E-state index is 0. The van der Waals surface area contributed by atoms with Gasteiger partial charge in [-0.3, -0.25) is 9.79 Å². The molecule has 8 heteroatoms. The third-order valence-corrected chi connectivity index (χ3v) is 4.82. The highest BCUT2D eigenvalue weighted by molar-refractivity contribution is 14.0. The molecular weight excluding hydrogens is 467 g/mol. The SMILES string of the molecule is CN=C(NCCN1CCCN(C)CC1)NCc1ccc(C(=O)N(C)C)cc1.I. The molecule has 7 nitrogen and oxygen atoms in total. The number of rotatable bonds is 6. The highest BCUT2D eigenvalue weighted by atomic mass is 127. The summed E-state index contributed by atoms with van der Waals surface area (Å²) < 4.78 is 0. The Balaban J connectivity index is 0.00000392. The molecule has 1 aromatic carbocycles. The summed E-state index contributed by atoms with van der Waals surface area (Å²) >= 11 is 0. The van der Waals surface area contributed by atoms with Crippen LogP contribution in [0.3, 0.4) is 0 Å². The Morgan fingerprint density at radius 3 is 2.46 bits per heavy atom. The number of hydrogen-bond donors (Lipinski definition) is 2. The normalized spacial score (nSPS) is 16.1. The van der Waals surface area contributed by atoms with E-state index in [4.69, 9.17) is 0 Å². The minimum atomic E-state index is 0. The molecule has 0 radical (unpaired) electrons. The fourth-order valence-electron chi connectivity index (χ4n) is 3.09. The van der Waals surface area contributed by atoms with Crippen LogP contribution in [-0.4, -0.2) is 94.0 Å². The maximum atomic E-state index is 11.9. The lowest BCUT2D eigenvalue weighted by atomic mass is 10.1. The number of nitrogens with one attached hydrogen (secondary N) is 2. The molecule has 0 unspecified atom stereocenters. The molecule has 0 spiro atoms. The maximum Gasteiger partial charge on any atom is 0.253 e. The average molecular weight is 502 g/mol. The van der Waals surface area contributed by atoms with Gasteiger partial charge < -0.3 is 25.3 Å². The molecular formula is C20H35IN6O. The largest absolute Gasteiger partial charge is 0.355 e. The van der Waals surface area contributed by atoms with Crippen LogP contribution in [-0.2, 0) is 6.54 Å². The number of guanidine groups is 1. The van der Waals surface area contributed by atoms with E-state index in [1.807, 2.05) is 24.3 Å². The predicted octanol–water partition coefficient (Wildman–Crippen LogP) is 1.31. The van der Waals surface area contributed by atoms with Crippen LogP contribution < -0.4 is 10.6 Å². The molecule has 0 aliphatic carbocycles. The minimum Gasteiger partial charge on any atom is -0.355 e. The first-order valence-electron chi connectivity index (χ1n) is 9.65. The molecule has 0 saturated carbocycles. The molecule has 1 amide bonds. The van der Waals surface area contributed by atoms with Crippen LogP contribution in [0.25, 0.3) is 0 Å². The van der Waals surface area contributed by atoms with E-state index in [0.717, 1.165) is 44.2 Å². The van der Waals surface area contributed by atoms with Crippen LogP contribution in [0.4, 0.5) is 0 Å². The monoisotopic (exact) mass is 502 g/mol. The first-order chi connectivity index (χ1) is 13.0. The zero-order valence-electron chi connectivity index (χ0n) is 17.6. The summed E-state index contributed by atoms with van der Waals surface area (Å²) in [4.78, 5) is 22.7. The van der Waals surface area contributed by atoms with Crippen LogP contribution in [0, 0.1) is 0 Å². The molecule has 0 atom stereocenters. The summed E-state index contributed by atoms with van der Waals surface area (Å²) in [7, 11) is 7.50. The Labute approximate surface area is 186 Å². The van der Waals surface area contributed by atoms with Crippen molar-refractivity contribution in [3.63, 3.8) is 0 Å². The lowest BCUT2D eigenvalue weighted by Crippen LogP contribution is -2.42. The Morgan fingerprint density at radius 1 is 1.11 bits per heavy atom. The van der Waals surface area contributed by atoms with E-state index >= 15 is 0 Å². The first kappa shape index (κ1) is 24.6. The number of carbonyl (C=O) groups is 1. The number of nitrogens with zero attached hydrogens (tertiary/aromatic N) is 4. The molecule has 1 aromatic rings. The van der Waals surface area contributed by atoms with Crippen LogP contribution in [0.15, 0.2) is 29.3 Å². The van der Waals surface area contributed by atoms with Gasteiger partial charge in [0.2, 0.25) is 0 Å². The van der Waals surface area contributed by atoms with Gasteiger partial charge in [-0.25, -0.2) is 0 Å². The number of carbonyl (C=O) groups excluding carboxylic acids is 1. The summed E-state index contributed by atoms with van der Waals surface area (Å²) in [5.41, 5.74) is 1.82. The number of amides is 1. The van der Waals surface area contributed by atoms with E-state index < -0.39 is 0 Å². The number of benzene rings is 1. The predicted molar refractivity (Wildman–Crippen MR) is 127 cm³/mol. The number of likely N-dealkylation sites (N-methyl/N-ethyl adjacent to an activating group) is 1. The van der Waals surface area contributed by atoms with Crippen molar-refractivity contribution in [1.29, 1.82) is 0 Å². The van der Waals surface area contributed by atoms with Gasteiger partial charge in [0, 0.05) is 59.4 Å². The summed E-state index contributed by atoms with van der Waals surface area (Å²) in [5.74, 6) is 0.821. The highest BCUT2D eigenvalue weighted by Crippen LogP contribution is 2.06.